The molecule has 5 nitrogen and oxygen atoms in total. The predicted octanol–water partition coefficient (Wildman–Crippen LogP) is 5.02. The molecule has 0 spiro atoms. The third-order valence-corrected chi connectivity index (χ3v) is 7.42. The minimum absolute atomic E-state index is 0.144. The Balaban J connectivity index is 1.26. The molecule has 7 heteroatoms. The van der Waals surface area contributed by atoms with Crippen LogP contribution in [-0.2, 0) is 9.59 Å². The van der Waals surface area contributed by atoms with Crippen LogP contribution in [0, 0.1) is 23.5 Å². The second kappa shape index (κ2) is 8.22. The Morgan fingerprint density at radius 1 is 1.00 bits per heavy atom. The SMILES string of the molecule is CC1(C)N=C(c2ccc(-c3ccc4cccc(F)c4c3)cc2F)N(CC2CN(C(=O)C3CC3)C2)C1=O. The molecule has 1 saturated heterocycles. The van der Waals surface area contributed by atoms with Gasteiger partial charge in [-0.05, 0) is 67.5 Å². The first-order valence-electron chi connectivity index (χ1n) is 12.4. The maximum Gasteiger partial charge on any atom is 0.255 e. The molecule has 1 saturated carbocycles. The van der Waals surface area contributed by atoms with E-state index < -0.39 is 11.4 Å². The maximum absolute atomic E-state index is 15.5. The summed E-state index contributed by atoms with van der Waals surface area (Å²) in [6, 6.07) is 15.1. The highest BCUT2D eigenvalue weighted by molar-refractivity contribution is 6.15. The number of hydrogen-bond acceptors (Lipinski definition) is 3. The summed E-state index contributed by atoms with van der Waals surface area (Å²) < 4.78 is 29.8. The zero-order chi connectivity index (χ0) is 25.2. The number of fused-ring (bicyclic) bond motifs is 1. The number of carbonyl (C=O) groups is 2. The van der Waals surface area contributed by atoms with Crippen LogP contribution in [0.25, 0.3) is 21.9 Å². The summed E-state index contributed by atoms with van der Waals surface area (Å²) in [6.45, 7) is 5.10. The van der Waals surface area contributed by atoms with E-state index in [2.05, 4.69) is 4.99 Å². The van der Waals surface area contributed by atoms with Gasteiger partial charge >= 0.3 is 0 Å². The maximum atomic E-state index is 15.5. The monoisotopic (exact) mass is 487 g/mol. The molecule has 0 atom stereocenters. The molecule has 1 aliphatic carbocycles. The summed E-state index contributed by atoms with van der Waals surface area (Å²) in [6.07, 6.45) is 1.94. The molecule has 184 valence electrons. The van der Waals surface area contributed by atoms with E-state index in [9.17, 15) is 14.0 Å². The molecular weight excluding hydrogens is 460 g/mol. The van der Waals surface area contributed by atoms with E-state index >= 15 is 4.39 Å². The lowest BCUT2D eigenvalue weighted by Gasteiger charge is -2.41. The molecule has 3 aliphatic rings. The fourth-order valence-electron chi connectivity index (χ4n) is 5.18. The number of rotatable bonds is 5. The van der Waals surface area contributed by atoms with Crippen LogP contribution in [0.15, 0.2) is 59.6 Å². The average molecular weight is 488 g/mol. The lowest BCUT2D eigenvalue weighted by Crippen LogP contribution is -2.55. The number of carbonyl (C=O) groups excluding carboxylic acids is 2. The predicted molar refractivity (Wildman–Crippen MR) is 134 cm³/mol. The zero-order valence-corrected chi connectivity index (χ0v) is 20.3. The van der Waals surface area contributed by atoms with E-state index in [-0.39, 0.29) is 35.0 Å². The molecule has 6 rings (SSSR count). The van der Waals surface area contributed by atoms with Crippen molar-refractivity contribution in [3.05, 3.63) is 71.8 Å². The molecule has 3 aromatic rings. The van der Waals surface area contributed by atoms with Gasteiger partial charge < -0.3 is 4.90 Å². The summed E-state index contributed by atoms with van der Waals surface area (Å²) in [5.74, 6) is -0.120. The van der Waals surface area contributed by atoms with Gasteiger partial charge in [0, 0.05) is 36.9 Å². The Morgan fingerprint density at radius 3 is 2.44 bits per heavy atom. The van der Waals surface area contributed by atoms with Gasteiger partial charge in [0.05, 0.1) is 5.56 Å². The molecule has 2 heterocycles. The van der Waals surface area contributed by atoms with Crippen LogP contribution < -0.4 is 0 Å². The van der Waals surface area contributed by atoms with E-state index in [0.29, 0.717) is 42.0 Å². The van der Waals surface area contributed by atoms with Crippen molar-refractivity contribution in [2.24, 2.45) is 16.8 Å². The first-order chi connectivity index (χ1) is 17.2. The first kappa shape index (κ1) is 22.8. The number of halogens is 2. The van der Waals surface area contributed by atoms with E-state index in [1.54, 1.807) is 43.0 Å². The summed E-state index contributed by atoms with van der Waals surface area (Å²) in [5.41, 5.74) is 0.596. The molecule has 0 N–H and O–H groups in total. The number of amides is 2. The van der Waals surface area contributed by atoms with Crippen molar-refractivity contribution < 1.29 is 18.4 Å². The fourth-order valence-corrected chi connectivity index (χ4v) is 5.18. The van der Waals surface area contributed by atoms with Gasteiger partial charge in [0.2, 0.25) is 5.91 Å². The van der Waals surface area contributed by atoms with Crippen LogP contribution in [0.1, 0.15) is 32.3 Å². The zero-order valence-electron chi connectivity index (χ0n) is 20.3. The third kappa shape index (κ3) is 3.87. The standard InChI is InChI=1S/C29H27F2N3O2/c1-29(2)28(36)34(16-17-14-33(15-17)27(35)19-7-8-19)26(32-29)22-11-10-21(13-25(22)31)20-9-6-18-4-3-5-24(30)23(18)12-20/h3-6,9-13,17,19H,7-8,14-16H2,1-2H3. The average Bonchev–Trinajstić information content (AvgIpc) is 3.64. The molecule has 3 aromatic carbocycles. The van der Waals surface area contributed by atoms with Gasteiger partial charge in [-0.2, -0.15) is 0 Å². The molecule has 36 heavy (non-hydrogen) atoms. The largest absolute Gasteiger partial charge is 0.342 e. The first-order valence-corrected chi connectivity index (χ1v) is 12.4. The van der Waals surface area contributed by atoms with Gasteiger partial charge in [0.1, 0.15) is 23.0 Å². The lowest BCUT2D eigenvalue weighted by atomic mass is 9.97. The van der Waals surface area contributed by atoms with Crippen LogP contribution in [0.3, 0.4) is 0 Å². The number of hydrogen-bond donors (Lipinski definition) is 0. The Bertz CT molecular complexity index is 1440. The van der Waals surface area contributed by atoms with E-state index in [0.717, 1.165) is 18.2 Å². The van der Waals surface area contributed by atoms with E-state index in [4.69, 9.17) is 0 Å². The highest BCUT2D eigenvalue weighted by Gasteiger charge is 2.45. The summed E-state index contributed by atoms with van der Waals surface area (Å²) in [5, 5.41) is 1.26. The van der Waals surface area contributed by atoms with Crippen LogP contribution >= 0.6 is 0 Å². The van der Waals surface area contributed by atoms with Gasteiger partial charge in [-0.25, -0.2) is 8.78 Å². The molecule has 2 amide bonds. The van der Waals surface area contributed by atoms with Crippen molar-refractivity contribution in [1.82, 2.24) is 9.80 Å². The Hall–Kier alpha value is -3.61. The van der Waals surface area contributed by atoms with Crippen LogP contribution in [-0.4, -0.2) is 52.6 Å². The van der Waals surface area contributed by atoms with Gasteiger partial charge in [-0.1, -0.05) is 30.3 Å². The minimum atomic E-state index is -0.983. The van der Waals surface area contributed by atoms with Gasteiger partial charge in [-0.15, -0.1) is 0 Å². The number of benzene rings is 3. The summed E-state index contributed by atoms with van der Waals surface area (Å²) in [4.78, 5) is 33.4. The Kier molecular flexibility index (Phi) is 5.21. The van der Waals surface area contributed by atoms with Crippen molar-refractivity contribution in [2.45, 2.75) is 32.2 Å². The smallest absolute Gasteiger partial charge is 0.255 e. The highest BCUT2D eigenvalue weighted by atomic mass is 19.1. The highest BCUT2D eigenvalue weighted by Crippen LogP contribution is 2.35. The van der Waals surface area contributed by atoms with Gasteiger partial charge in [0.15, 0.2) is 0 Å². The Labute approximate surface area is 208 Å². The molecule has 0 radical (unpaired) electrons. The minimum Gasteiger partial charge on any atom is -0.342 e. The van der Waals surface area contributed by atoms with Crippen molar-refractivity contribution in [3.8, 4) is 11.1 Å². The second-order valence-electron chi connectivity index (χ2n) is 10.7. The van der Waals surface area contributed by atoms with E-state index in [1.807, 2.05) is 23.1 Å². The fraction of sp³-hybridized carbons (Fsp3) is 0.345. The summed E-state index contributed by atoms with van der Waals surface area (Å²) in [7, 11) is 0. The summed E-state index contributed by atoms with van der Waals surface area (Å²) >= 11 is 0. The molecule has 0 unspecified atom stereocenters. The Morgan fingerprint density at radius 2 is 1.72 bits per heavy atom. The van der Waals surface area contributed by atoms with Gasteiger partial charge in [0.25, 0.3) is 5.91 Å². The normalized spacial score (nSPS) is 19.6. The topological polar surface area (TPSA) is 53.0 Å². The van der Waals surface area contributed by atoms with E-state index in [1.165, 1.54) is 12.1 Å². The van der Waals surface area contributed by atoms with Crippen molar-refractivity contribution >= 4 is 28.4 Å². The van der Waals surface area contributed by atoms with Crippen molar-refractivity contribution in [2.75, 3.05) is 19.6 Å². The van der Waals surface area contributed by atoms with Crippen molar-refractivity contribution in [1.29, 1.82) is 0 Å². The quantitative estimate of drug-likeness (QED) is 0.508. The van der Waals surface area contributed by atoms with Gasteiger partial charge in [-0.3, -0.25) is 19.5 Å². The van der Waals surface area contributed by atoms with Crippen LogP contribution in [0.4, 0.5) is 8.78 Å². The lowest BCUT2D eigenvalue weighted by molar-refractivity contribution is -0.140. The molecule has 0 aromatic heterocycles. The molecular formula is C29H27F2N3O2. The molecule has 2 fully saturated rings. The second-order valence-corrected chi connectivity index (χ2v) is 10.7. The number of nitrogens with zero attached hydrogens (tertiary/aromatic N) is 3. The molecule has 0 bridgehead atoms. The van der Waals surface area contributed by atoms with Crippen LogP contribution in [0.2, 0.25) is 0 Å². The number of aliphatic imine (C=N–C) groups is 1. The van der Waals surface area contributed by atoms with Crippen molar-refractivity contribution in [3.63, 3.8) is 0 Å². The number of likely N-dealkylation sites (tertiary alicyclic amines) is 1. The number of amidine groups is 1. The third-order valence-electron chi connectivity index (χ3n) is 7.42. The van der Waals surface area contributed by atoms with Crippen LogP contribution in [0.5, 0.6) is 0 Å². The molecule has 2 aliphatic heterocycles.